The number of aromatic nitrogens is 4. The summed E-state index contributed by atoms with van der Waals surface area (Å²) in [4.78, 5) is 26.2. The zero-order valence-electron chi connectivity index (χ0n) is 13.9. The number of rotatable bonds is 4. The predicted octanol–water partition coefficient (Wildman–Crippen LogP) is 2.49. The number of hydrogen-bond acceptors (Lipinski definition) is 7. The van der Waals surface area contributed by atoms with Gasteiger partial charge in [0.1, 0.15) is 5.82 Å². The lowest BCUT2D eigenvalue weighted by Gasteiger charge is -2.31. The van der Waals surface area contributed by atoms with Crippen LogP contribution in [0.3, 0.4) is 0 Å². The Morgan fingerprint density at radius 2 is 2.00 bits per heavy atom. The Bertz CT molecular complexity index is 904. The molecule has 1 aliphatic heterocycles. The molecule has 0 saturated carbocycles. The number of aliphatic carboxylic acids is 1. The molecule has 0 aromatic carbocycles. The zero-order valence-corrected chi connectivity index (χ0v) is 13.9. The van der Waals surface area contributed by atoms with Gasteiger partial charge in [-0.15, -0.1) is 0 Å². The number of carbonyl (C=O) groups is 1. The van der Waals surface area contributed by atoms with E-state index < -0.39 is 5.97 Å². The average Bonchev–Trinajstić information content (AvgIpc) is 3.19. The second kappa shape index (κ2) is 6.91. The number of hydrogen-bond donors (Lipinski definition) is 1. The van der Waals surface area contributed by atoms with E-state index in [2.05, 4.69) is 25.0 Å². The van der Waals surface area contributed by atoms with Gasteiger partial charge >= 0.3 is 5.97 Å². The van der Waals surface area contributed by atoms with Crippen LogP contribution in [-0.4, -0.2) is 44.3 Å². The molecule has 1 saturated heterocycles. The molecule has 3 aromatic heterocycles. The maximum atomic E-state index is 11.2. The van der Waals surface area contributed by atoms with Crippen molar-refractivity contribution in [3.8, 4) is 22.8 Å². The van der Waals surface area contributed by atoms with Crippen molar-refractivity contribution >= 4 is 11.8 Å². The Morgan fingerprint density at radius 3 is 2.73 bits per heavy atom. The summed E-state index contributed by atoms with van der Waals surface area (Å²) in [7, 11) is 0. The van der Waals surface area contributed by atoms with Crippen LogP contribution in [0.2, 0.25) is 0 Å². The van der Waals surface area contributed by atoms with Gasteiger partial charge in [-0.05, 0) is 37.1 Å². The minimum atomic E-state index is -0.732. The third-order valence-corrected chi connectivity index (χ3v) is 4.51. The van der Waals surface area contributed by atoms with E-state index >= 15 is 0 Å². The highest BCUT2D eigenvalue weighted by Crippen LogP contribution is 2.31. The predicted molar refractivity (Wildman–Crippen MR) is 93.3 cm³/mol. The number of carboxylic acid groups (broad SMARTS) is 1. The van der Waals surface area contributed by atoms with Crippen LogP contribution < -0.4 is 4.90 Å². The summed E-state index contributed by atoms with van der Waals surface area (Å²) >= 11 is 0. The van der Waals surface area contributed by atoms with Crippen LogP contribution in [0.5, 0.6) is 0 Å². The van der Waals surface area contributed by atoms with E-state index in [1.54, 1.807) is 18.6 Å². The average molecular weight is 351 g/mol. The summed E-state index contributed by atoms with van der Waals surface area (Å²) < 4.78 is 5.45. The van der Waals surface area contributed by atoms with E-state index in [1.165, 1.54) is 0 Å². The van der Waals surface area contributed by atoms with Gasteiger partial charge in [0.15, 0.2) is 0 Å². The Kier molecular flexibility index (Phi) is 4.30. The minimum Gasteiger partial charge on any atom is -0.481 e. The van der Waals surface area contributed by atoms with Crippen LogP contribution in [0.1, 0.15) is 12.8 Å². The van der Waals surface area contributed by atoms with Gasteiger partial charge in [-0.3, -0.25) is 9.78 Å². The van der Waals surface area contributed by atoms with Crippen LogP contribution in [0, 0.1) is 5.92 Å². The van der Waals surface area contributed by atoms with Crippen molar-refractivity contribution in [2.24, 2.45) is 5.92 Å². The van der Waals surface area contributed by atoms with Gasteiger partial charge < -0.3 is 14.5 Å². The van der Waals surface area contributed by atoms with Crippen molar-refractivity contribution in [3.63, 3.8) is 0 Å². The van der Waals surface area contributed by atoms with E-state index in [0.29, 0.717) is 37.6 Å². The molecule has 1 fully saturated rings. The van der Waals surface area contributed by atoms with Gasteiger partial charge in [-0.2, -0.15) is 4.98 Å². The molecule has 0 atom stereocenters. The molecule has 132 valence electrons. The molecule has 8 heteroatoms. The molecule has 8 nitrogen and oxygen atoms in total. The number of nitrogens with zero attached hydrogens (tertiary/aromatic N) is 5. The van der Waals surface area contributed by atoms with E-state index in [9.17, 15) is 4.79 Å². The fourth-order valence-electron chi connectivity index (χ4n) is 3.10. The van der Waals surface area contributed by atoms with Crippen molar-refractivity contribution in [3.05, 3.63) is 42.9 Å². The molecular formula is C18H17N5O3. The first-order valence-electron chi connectivity index (χ1n) is 8.39. The Labute approximate surface area is 149 Å². The molecule has 4 rings (SSSR count). The first-order chi connectivity index (χ1) is 12.7. The summed E-state index contributed by atoms with van der Waals surface area (Å²) in [5.41, 5.74) is 1.51. The van der Waals surface area contributed by atoms with E-state index in [0.717, 1.165) is 16.9 Å². The van der Waals surface area contributed by atoms with Crippen molar-refractivity contribution in [2.75, 3.05) is 18.0 Å². The first-order valence-corrected chi connectivity index (χ1v) is 8.39. The third kappa shape index (κ3) is 3.13. The first kappa shape index (κ1) is 16.2. The molecule has 0 amide bonds. The highest BCUT2D eigenvalue weighted by atomic mass is 16.5. The van der Waals surface area contributed by atoms with Crippen molar-refractivity contribution in [2.45, 2.75) is 12.8 Å². The van der Waals surface area contributed by atoms with Crippen molar-refractivity contribution in [1.29, 1.82) is 0 Å². The number of pyridine rings is 2. The van der Waals surface area contributed by atoms with Gasteiger partial charge in [-0.1, -0.05) is 5.16 Å². The highest BCUT2D eigenvalue weighted by molar-refractivity contribution is 5.73. The molecule has 3 aromatic rings. The fourth-order valence-corrected chi connectivity index (χ4v) is 3.10. The maximum Gasteiger partial charge on any atom is 0.306 e. The van der Waals surface area contributed by atoms with Gasteiger partial charge in [0.05, 0.1) is 11.5 Å². The zero-order chi connectivity index (χ0) is 17.9. The van der Waals surface area contributed by atoms with Crippen LogP contribution in [0.25, 0.3) is 22.8 Å². The molecule has 0 bridgehead atoms. The Morgan fingerprint density at radius 1 is 1.19 bits per heavy atom. The lowest BCUT2D eigenvalue weighted by molar-refractivity contribution is -0.142. The molecule has 0 aliphatic carbocycles. The normalized spacial score (nSPS) is 15.2. The molecular weight excluding hydrogens is 334 g/mol. The smallest absolute Gasteiger partial charge is 0.306 e. The lowest BCUT2D eigenvalue weighted by atomic mass is 9.97. The molecule has 1 aliphatic rings. The number of anilines is 1. The number of carboxylic acids is 1. The molecule has 26 heavy (non-hydrogen) atoms. The van der Waals surface area contributed by atoms with Crippen LogP contribution in [-0.2, 0) is 4.79 Å². The third-order valence-electron chi connectivity index (χ3n) is 4.51. The fraction of sp³-hybridized carbons (Fsp3) is 0.278. The molecule has 0 spiro atoms. The van der Waals surface area contributed by atoms with Crippen molar-refractivity contribution in [1.82, 2.24) is 20.1 Å². The molecule has 4 heterocycles. The van der Waals surface area contributed by atoms with Crippen LogP contribution in [0.4, 0.5) is 5.82 Å². The summed E-state index contributed by atoms with van der Waals surface area (Å²) in [6.45, 7) is 1.26. The maximum absolute atomic E-state index is 11.2. The largest absolute Gasteiger partial charge is 0.481 e. The van der Waals surface area contributed by atoms with Gasteiger partial charge in [0.25, 0.3) is 5.89 Å². The van der Waals surface area contributed by atoms with Crippen molar-refractivity contribution < 1.29 is 14.4 Å². The van der Waals surface area contributed by atoms with Gasteiger partial charge in [0, 0.05) is 37.2 Å². The monoisotopic (exact) mass is 351 g/mol. The molecule has 0 radical (unpaired) electrons. The standard InChI is InChI=1S/C18H17N5O3/c24-18(25)12-5-9-23(10-6-12)16-14(4-2-8-20-16)17-21-15(22-26-17)13-3-1-7-19-11-13/h1-4,7-8,11-12H,5-6,9-10H2,(H,24,25). The van der Waals surface area contributed by atoms with E-state index in [4.69, 9.17) is 9.63 Å². The Hall–Kier alpha value is -3.29. The number of piperidine rings is 1. The SMILES string of the molecule is O=C(O)C1CCN(c2ncccc2-c2nc(-c3cccnc3)no2)CC1. The summed E-state index contributed by atoms with van der Waals surface area (Å²) in [6, 6.07) is 7.37. The van der Waals surface area contributed by atoms with Crippen LogP contribution >= 0.6 is 0 Å². The highest BCUT2D eigenvalue weighted by Gasteiger charge is 2.27. The molecule has 0 unspecified atom stereocenters. The quantitative estimate of drug-likeness (QED) is 0.764. The lowest BCUT2D eigenvalue weighted by Crippen LogP contribution is -2.37. The minimum absolute atomic E-state index is 0.293. The van der Waals surface area contributed by atoms with E-state index in [1.807, 2.05) is 24.3 Å². The molecule has 1 N–H and O–H groups in total. The van der Waals surface area contributed by atoms with Gasteiger partial charge in [-0.25, -0.2) is 4.98 Å². The van der Waals surface area contributed by atoms with Gasteiger partial charge in [0.2, 0.25) is 5.82 Å². The second-order valence-corrected chi connectivity index (χ2v) is 6.14. The Balaban J connectivity index is 1.61. The second-order valence-electron chi connectivity index (χ2n) is 6.14. The topological polar surface area (TPSA) is 105 Å². The van der Waals surface area contributed by atoms with Crippen LogP contribution in [0.15, 0.2) is 47.4 Å². The summed E-state index contributed by atoms with van der Waals surface area (Å²) in [5, 5.41) is 13.2. The summed E-state index contributed by atoms with van der Waals surface area (Å²) in [5.74, 6) is 0.556. The van der Waals surface area contributed by atoms with E-state index in [-0.39, 0.29) is 5.92 Å². The summed E-state index contributed by atoms with van der Waals surface area (Å²) in [6.07, 6.45) is 6.26.